The maximum Gasteiger partial charge on any atom is 0.224 e. The van der Waals surface area contributed by atoms with Crippen molar-refractivity contribution in [2.75, 3.05) is 4.90 Å². The molecule has 0 N–H and O–H groups in total. The Hall–Kier alpha value is -1.68. The highest BCUT2D eigenvalue weighted by molar-refractivity contribution is 6.28. The van der Waals surface area contributed by atoms with Gasteiger partial charge in [-0.1, -0.05) is 24.3 Å². The number of fused-ring (bicyclic) bond motifs is 1. The molecule has 0 spiro atoms. The zero-order valence-electron chi connectivity index (χ0n) is 8.90. The summed E-state index contributed by atoms with van der Waals surface area (Å²) in [5.41, 5.74) is 2.39. The van der Waals surface area contributed by atoms with E-state index in [0.717, 1.165) is 6.20 Å². The summed E-state index contributed by atoms with van der Waals surface area (Å²) in [6.45, 7) is 1.31. The maximum absolute atomic E-state index is 13.6. The molecule has 86 valence electrons. The minimum absolute atomic E-state index is 0.0670. The topological polar surface area (TPSA) is 29.0 Å². The zero-order chi connectivity index (χ0) is 11.8. The van der Waals surface area contributed by atoms with Gasteiger partial charge in [0.2, 0.25) is 5.28 Å². The number of hydrogen-bond acceptors (Lipinski definition) is 3. The number of anilines is 1. The predicted octanol–water partition coefficient (Wildman–Crippen LogP) is 2.79. The Balaban J connectivity index is 1.96. The Morgan fingerprint density at radius 2 is 1.82 bits per heavy atom. The lowest BCUT2D eigenvalue weighted by Gasteiger charge is -2.16. The molecule has 3 nitrogen and oxygen atoms in total. The number of rotatable bonds is 1. The number of nitrogens with zero attached hydrogens (tertiary/aromatic N) is 3. The fourth-order valence-electron chi connectivity index (χ4n) is 2.04. The van der Waals surface area contributed by atoms with E-state index >= 15 is 0 Å². The Morgan fingerprint density at radius 3 is 2.47 bits per heavy atom. The molecule has 0 saturated carbocycles. The number of benzene rings is 1. The summed E-state index contributed by atoms with van der Waals surface area (Å²) in [6.07, 6.45) is 1.10. The van der Waals surface area contributed by atoms with E-state index < -0.39 is 5.82 Å². The van der Waals surface area contributed by atoms with Gasteiger partial charge in [0.1, 0.15) is 0 Å². The molecular formula is C12H9ClFN3. The molecule has 17 heavy (non-hydrogen) atoms. The molecule has 2 heterocycles. The van der Waals surface area contributed by atoms with Gasteiger partial charge in [-0.15, -0.1) is 0 Å². The van der Waals surface area contributed by atoms with E-state index in [9.17, 15) is 4.39 Å². The molecule has 0 unspecified atom stereocenters. The molecule has 1 aliphatic rings. The smallest absolute Gasteiger partial charge is 0.224 e. The fourth-order valence-corrected chi connectivity index (χ4v) is 2.17. The molecule has 2 aromatic rings. The minimum atomic E-state index is -0.442. The first-order chi connectivity index (χ1) is 8.24. The van der Waals surface area contributed by atoms with E-state index in [1.807, 2.05) is 29.2 Å². The average Bonchev–Trinajstić information content (AvgIpc) is 2.75. The van der Waals surface area contributed by atoms with Gasteiger partial charge in [-0.2, -0.15) is 4.98 Å². The Labute approximate surface area is 103 Å². The van der Waals surface area contributed by atoms with Crippen molar-refractivity contribution in [3.63, 3.8) is 0 Å². The molecule has 5 heteroatoms. The largest absolute Gasteiger partial charge is 0.345 e. The lowest BCUT2D eigenvalue weighted by molar-refractivity contribution is 0.604. The van der Waals surface area contributed by atoms with Crippen molar-refractivity contribution >= 4 is 17.4 Å². The van der Waals surface area contributed by atoms with Crippen molar-refractivity contribution in [2.24, 2.45) is 0 Å². The molecular weight excluding hydrogens is 241 g/mol. The Morgan fingerprint density at radius 1 is 1.18 bits per heavy atom. The fraction of sp³-hybridized carbons (Fsp3) is 0.167. The van der Waals surface area contributed by atoms with Gasteiger partial charge in [0.25, 0.3) is 0 Å². The lowest BCUT2D eigenvalue weighted by atomic mass is 10.1. The van der Waals surface area contributed by atoms with Crippen LogP contribution in [0, 0.1) is 5.82 Å². The van der Waals surface area contributed by atoms with Gasteiger partial charge in [0.15, 0.2) is 11.6 Å². The van der Waals surface area contributed by atoms with Crippen molar-refractivity contribution in [3.8, 4) is 0 Å². The molecule has 0 fully saturated rings. The number of halogens is 2. The monoisotopic (exact) mass is 249 g/mol. The first-order valence-electron chi connectivity index (χ1n) is 5.24. The van der Waals surface area contributed by atoms with Crippen LogP contribution < -0.4 is 4.90 Å². The van der Waals surface area contributed by atoms with Crippen molar-refractivity contribution < 1.29 is 4.39 Å². The van der Waals surface area contributed by atoms with Crippen LogP contribution in [0.4, 0.5) is 10.2 Å². The van der Waals surface area contributed by atoms with Crippen LogP contribution in [-0.4, -0.2) is 9.97 Å². The van der Waals surface area contributed by atoms with E-state index in [1.165, 1.54) is 11.1 Å². The van der Waals surface area contributed by atoms with Gasteiger partial charge in [0, 0.05) is 13.1 Å². The first-order valence-corrected chi connectivity index (χ1v) is 5.61. The third-order valence-electron chi connectivity index (χ3n) is 2.84. The van der Waals surface area contributed by atoms with E-state index in [4.69, 9.17) is 11.6 Å². The first kappa shape index (κ1) is 10.5. The van der Waals surface area contributed by atoms with Crippen LogP contribution in [0.3, 0.4) is 0 Å². The third-order valence-corrected chi connectivity index (χ3v) is 3.02. The van der Waals surface area contributed by atoms with Crippen molar-refractivity contribution in [2.45, 2.75) is 13.1 Å². The van der Waals surface area contributed by atoms with E-state index in [2.05, 4.69) is 9.97 Å². The van der Waals surface area contributed by atoms with Crippen LogP contribution in [-0.2, 0) is 13.1 Å². The quantitative estimate of drug-likeness (QED) is 0.728. The molecule has 1 aliphatic heterocycles. The van der Waals surface area contributed by atoms with Crippen LogP contribution in [0.25, 0.3) is 0 Å². The SMILES string of the molecule is Fc1cnc(Cl)nc1N1Cc2ccccc2C1. The van der Waals surface area contributed by atoms with Gasteiger partial charge in [-0.25, -0.2) is 9.37 Å². The van der Waals surface area contributed by atoms with Crippen LogP contribution >= 0.6 is 11.6 Å². The molecule has 3 rings (SSSR count). The molecule has 0 atom stereocenters. The number of hydrogen-bond donors (Lipinski definition) is 0. The van der Waals surface area contributed by atoms with Crippen molar-refractivity contribution in [1.82, 2.24) is 9.97 Å². The second-order valence-electron chi connectivity index (χ2n) is 3.94. The average molecular weight is 250 g/mol. The second kappa shape index (κ2) is 3.96. The normalized spacial score (nSPS) is 13.9. The Bertz CT molecular complexity index is 548. The van der Waals surface area contributed by atoms with Crippen LogP contribution in [0.2, 0.25) is 5.28 Å². The summed E-state index contributed by atoms with van der Waals surface area (Å²) in [6, 6.07) is 8.03. The second-order valence-corrected chi connectivity index (χ2v) is 4.27. The Kier molecular flexibility index (Phi) is 2.44. The predicted molar refractivity (Wildman–Crippen MR) is 63.3 cm³/mol. The molecule has 0 amide bonds. The maximum atomic E-state index is 13.6. The van der Waals surface area contributed by atoms with Crippen LogP contribution in [0.5, 0.6) is 0 Å². The zero-order valence-corrected chi connectivity index (χ0v) is 9.65. The molecule has 1 aromatic heterocycles. The van der Waals surface area contributed by atoms with Gasteiger partial charge in [-0.3, -0.25) is 0 Å². The van der Waals surface area contributed by atoms with Crippen LogP contribution in [0.15, 0.2) is 30.5 Å². The van der Waals surface area contributed by atoms with Gasteiger partial charge in [-0.05, 0) is 22.7 Å². The molecule has 1 aromatic carbocycles. The standard InChI is InChI=1S/C12H9ClFN3/c13-12-15-5-10(14)11(16-12)17-6-8-3-1-2-4-9(8)7-17/h1-5H,6-7H2. The summed E-state index contributed by atoms with van der Waals surface area (Å²) < 4.78 is 13.6. The molecule has 0 aliphatic carbocycles. The highest BCUT2D eigenvalue weighted by Gasteiger charge is 2.22. The summed E-state index contributed by atoms with van der Waals surface area (Å²) in [4.78, 5) is 9.41. The summed E-state index contributed by atoms with van der Waals surface area (Å²) >= 11 is 5.69. The van der Waals surface area contributed by atoms with Gasteiger partial charge in [0.05, 0.1) is 6.20 Å². The summed E-state index contributed by atoms with van der Waals surface area (Å²) in [5.74, 6) is -0.177. The van der Waals surface area contributed by atoms with E-state index in [1.54, 1.807) is 0 Å². The van der Waals surface area contributed by atoms with E-state index in [-0.39, 0.29) is 11.1 Å². The highest BCUT2D eigenvalue weighted by atomic mass is 35.5. The third kappa shape index (κ3) is 1.85. The summed E-state index contributed by atoms with van der Waals surface area (Å²) in [7, 11) is 0. The minimum Gasteiger partial charge on any atom is -0.345 e. The van der Waals surface area contributed by atoms with Crippen LogP contribution in [0.1, 0.15) is 11.1 Å². The molecule has 0 bridgehead atoms. The highest BCUT2D eigenvalue weighted by Crippen LogP contribution is 2.28. The van der Waals surface area contributed by atoms with Crippen molar-refractivity contribution in [1.29, 1.82) is 0 Å². The summed E-state index contributed by atoms with van der Waals surface area (Å²) in [5, 5.41) is 0.0670. The van der Waals surface area contributed by atoms with Gasteiger partial charge < -0.3 is 4.90 Å². The van der Waals surface area contributed by atoms with E-state index in [0.29, 0.717) is 13.1 Å². The molecule has 0 saturated heterocycles. The number of aromatic nitrogens is 2. The van der Waals surface area contributed by atoms with Crippen molar-refractivity contribution in [3.05, 3.63) is 52.7 Å². The van der Waals surface area contributed by atoms with Gasteiger partial charge >= 0.3 is 0 Å². The lowest BCUT2D eigenvalue weighted by Crippen LogP contribution is -2.18. The molecule has 0 radical (unpaired) electrons.